The summed E-state index contributed by atoms with van der Waals surface area (Å²) in [6.07, 6.45) is 5.49. The van der Waals surface area contributed by atoms with Crippen LogP contribution in [0, 0.1) is 5.41 Å². The van der Waals surface area contributed by atoms with Crippen LogP contribution in [-0.4, -0.2) is 39.6 Å². The first kappa shape index (κ1) is 14.8. The van der Waals surface area contributed by atoms with E-state index in [2.05, 4.69) is 20.3 Å². The molecule has 3 heterocycles. The smallest absolute Gasteiger partial charge is 0.225 e. The maximum absolute atomic E-state index is 12.1. The summed E-state index contributed by atoms with van der Waals surface area (Å²) in [5.41, 5.74) is 0.532. The lowest BCUT2D eigenvalue weighted by atomic mass is 9.94. The van der Waals surface area contributed by atoms with E-state index in [9.17, 15) is 4.79 Å². The predicted molar refractivity (Wildman–Crippen MR) is 85.8 cm³/mol. The molecule has 22 heavy (non-hydrogen) atoms. The van der Waals surface area contributed by atoms with Crippen molar-refractivity contribution in [1.29, 1.82) is 0 Å². The average Bonchev–Trinajstić information content (AvgIpc) is 2.95. The largest absolute Gasteiger partial charge is 0.356 e. The lowest BCUT2D eigenvalue weighted by Crippen LogP contribution is -2.48. The quantitative estimate of drug-likeness (QED) is 0.919. The number of amides is 1. The van der Waals surface area contributed by atoms with Gasteiger partial charge in [0.2, 0.25) is 5.91 Å². The molecule has 0 aliphatic carbocycles. The standard InChI is InChI=1S/C16H23N5O/c1-16(2,3)15(22)19-12-6-10-20(11-7-12)14-5-8-17-13-4-9-18-21(13)14/h4-5,8-9,12H,6-7,10-11H2,1-3H3,(H,19,22). The third-order valence-corrected chi connectivity index (χ3v) is 4.11. The molecule has 1 fully saturated rings. The van der Waals surface area contributed by atoms with Gasteiger partial charge in [0, 0.05) is 36.8 Å². The van der Waals surface area contributed by atoms with Gasteiger partial charge in [-0.05, 0) is 18.9 Å². The van der Waals surface area contributed by atoms with Gasteiger partial charge in [-0.3, -0.25) is 4.79 Å². The Morgan fingerprint density at radius 1 is 1.23 bits per heavy atom. The second kappa shape index (κ2) is 5.59. The highest BCUT2D eigenvalue weighted by molar-refractivity contribution is 5.81. The topological polar surface area (TPSA) is 62.5 Å². The summed E-state index contributed by atoms with van der Waals surface area (Å²) in [4.78, 5) is 18.7. The average molecular weight is 301 g/mol. The molecule has 0 bridgehead atoms. The van der Waals surface area contributed by atoms with Crippen molar-refractivity contribution in [1.82, 2.24) is 19.9 Å². The van der Waals surface area contributed by atoms with Gasteiger partial charge in [0.1, 0.15) is 5.82 Å². The van der Waals surface area contributed by atoms with Crippen LogP contribution in [-0.2, 0) is 4.79 Å². The Morgan fingerprint density at radius 2 is 1.95 bits per heavy atom. The van der Waals surface area contributed by atoms with Crippen LogP contribution in [0.15, 0.2) is 24.5 Å². The zero-order valence-electron chi connectivity index (χ0n) is 13.4. The van der Waals surface area contributed by atoms with Crippen LogP contribution in [0.3, 0.4) is 0 Å². The molecule has 6 nitrogen and oxygen atoms in total. The zero-order chi connectivity index (χ0) is 15.7. The van der Waals surface area contributed by atoms with Crippen LogP contribution >= 0.6 is 0 Å². The number of hydrogen-bond donors (Lipinski definition) is 1. The minimum absolute atomic E-state index is 0.129. The molecule has 0 aromatic carbocycles. The molecule has 0 unspecified atom stereocenters. The highest BCUT2D eigenvalue weighted by Crippen LogP contribution is 2.21. The highest BCUT2D eigenvalue weighted by Gasteiger charge is 2.27. The van der Waals surface area contributed by atoms with Crippen LogP contribution in [0.25, 0.3) is 5.65 Å². The highest BCUT2D eigenvalue weighted by atomic mass is 16.2. The fourth-order valence-electron chi connectivity index (χ4n) is 2.72. The van der Waals surface area contributed by atoms with Crippen LogP contribution < -0.4 is 10.2 Å². The third kappa shape index (κ3) is 2.91. The van der Waals surface area contributed by atoms with Crippen LogP contribution in [0.1, 0.15) is 33.6 Å². The molecule has 2 aromatic heterocycles. The van der Waals surface area contributed by atoms with Crippen LogP contribution in [0.2, 0.25) is 0 Å². The Morgan fingerprint density at radius 3 is 2.64 bits per heavy atom. The summed E-state index contributed by atoms with van der Waals surface area (Å²) in [7, 11) is 0. The summed E-state index contributed by atoms with van der Waals surface area (Å²) in [5.74, 6) is 1.19. The monoisotopic (exact) mass is 301 g/mol. The van der Waals surface area contributed by atoms with E-state index >= 15 is 0 Å². The molecule has 2 aromatic rings. The SMILES string of the molecule is CC(C)(C)C(=O)NC1CCN(c2ccnc3ccnn23)CC1. The molecule has 6 heteroatoms. The van der Waals surface area contributed by atoms with Gasteiger partial charge in [0.15, 0.2) is 5.65 Å². The van der Waals surface area contributed by atoms with Crippen molar-refractivity contribution in [2.24, 2.45) is 5.41 Å². The lowest BCUT2D eigenvalue weighted by Gasteiger charge is -2.34. The van der Waals surface area contributed by atoms with Gasteiger partial charge in [0.05, 0.1) is 6.20 Å². The van der Waals surface area contributed by atoms with Gasteiger partial charge in [-0.25, -0.2) is 4.98 Å². The van der Waals surface area contributed by atoms with Crippen molar-refractivity contribution in [2.45, 2.75) is 39.7 Å². The summed E-state index contributed by atoms with van der Waals surface area (Å²) in [6.45, 7) is 7.66. The van der Waals surface area contributed by atoms with E-state index < -0.39 is 0 Å². The molecular formula is C16H23N5O. The summed E-state index contributed by atoms with van der Waals surface area (Å²) < 4.78 is 1.87. The summed E-state index contributed by atoms with van der Waals surface area (Å²) in [6, 6.07) is 4.16. The molecule has 1 saturated heterocycles. The second-order valence-electron chi connectivity index (χ2n) is 6.89. The van der Waals surface area contributed by atoms with Crippen molar-refractivity contribution in [3.63, 3.8) is 0 Å². The first-order chi connectivity index (χ1) is 10.4. The molecule has 1 amide bonds. The number of hydrogen-bond acceptors (Lipinski definition) is 4. The Balaban J connectivity index is 1.65. The van der Waals surface area contributed by atoms with E-state index in [1.165, 1.54) is 0 Å². The van der Waals surface area contributed by atoms with Crippen molar-refractivity contribution in [2.75, 3.05) is 18.0 Å². The number of rotatable bonds is 2. The molecule has 0 spiro atoms. The number of nitrogens with one attached hydrogen (secondary N) is 1. The fourth-order valence-corrected chi connectivity index (χ4v) is 2.72. The van der Waals surface area contributed by atoms with Crippen LogP contribution in [0.5, 0.6) is 0 Å². The molecule has 1 aliphatic rings. The van der Waals surface area contributed by atoms with Crippen molar-refractivity contribution < 1.29 is 4.79 Å². The van der Waals surface area contributed by atoms with Gasteiger partial charge in [0.25, 0.3) is 0 Å². The van der Waals surface area contributed by atoms with Gasteiger partial charge >= 0.3 is 0 Å². The van der Waals surface area contributed by atoms with Gasteiger partial charge in [-0.15, -0.1) is 0 Å². The number of aromatic nitrogens is 3. The molecule has 0 atom stereocenters. The van der Waals surface area contributed by atoms with E-state index in [1.54, 1.807) is 6.20 Å². The molecular weight excluding hydrogens is 278 g/mol. The minimum atomic E-state index is -0.330. The first-order valence-corrected chi connectivity index (χ1v) is 7.80. The Kier molecular flexibility index (Phi) is 3.76. The number of fused-ring (bicyclic) bond motifs is 1. The molecule has 0 radical (unpaired) electrons. The van der Waals surface area contributed by atoms with E-state index in [0.717, 1.165) is 37.4 Å². The molecule has 1 aliphatic heterocycles. The van der Waals surface area contributed by atoms with E-state index in [1.807, 2.05) is 43.6 Å². The number of piperidine rings is 1. The Bertz CT molecular complexity index is 664. The molecule has 1 N–H and O–H groups in total. The third-order valence-electron chi connectivity index (χ3n) is 4.11. The Hall–Kier alpha value is -2.11. The molecule has 3 rings (SSSR count). The van der Waals surface area contributed by atoms with E-state index in [0.29, 0.717) is 0 Å². The maximum Gasteiger partial charge on any atom is 0.225 e. The normalized spacial score (nSPS) is 17.0. The number of nitrogens with zero attached hydrogens (tertiary/aromatic N) is 4. The number of carbonyl (C=O) groups excluding carboxylic acids is 1. The Labute approximate surface area is 130 Å². The van der Waals surface area contributed by atoms with Crippen molar-refractivity contribution in [3.05, 3.63) is 24.5 Å². The van der Waals surface area contributed by atoms with Gasteiger partial charge < -0.3 is 10.2 Å². The van der Waals surface area contributed by atoms with Crippen LogP contribution in [0.4, 0.5) is 5.82 Å². The lowest BCUT2D eigenvalue weighted by molar-refractivity contribution is -0.129. The predicted octanol–water partition coefficient (Wildman–Crippen LogP) is 1.86. The second-order valence-corrected chi connectivity index (χ2v) is 6.89. The van der Waals surface area contributed by atoms with Gasteiger partial charge in [-0.1, -0.05) is 20.8 Å². The summed E-state index contributed by atoms with van der Waals surface area (Å²) >= 11 is 0. The maximum atomic E-state index is 12.1. The summed E-state index contributed by atoms with van der Waals surface area (Å²) in [5, 5.41) is 7.50. The fraction of sp³-hybridized carbons (Fsp3) is 0.562. The molecule has 118 valence electrons. The minimum Gasteiger partial charge on any atom is -0.356 e. The number of anilines is 1. The van der Waals surface area contributed by atoms with E-state index in [-0.39, 0.29) is 17.4 Å². The first-order valence-electron chi connectivity index (χ1n) is 7.80. The van der Waals surface area contributed by atoms with Crippen molar-refractivity contribution in [3.8, 4) is 0 Å². The van der Waals surface area contributed by atoms with Gasteiger partial charge in [-0.2, -0.15) is 9.61 Å². The molecule has 0 saturated carbocycles. The number of carbonyl (C=O) groups is 1. The van der Waals surface area contributed by atoms with E-state index in [4.69, 9.17) is 0 Å². The van der Waals surface area contributed by atoms with Crippen molar-refractivity contribution >= 4 is 17.4 Å². The zero-order valence-corrected chi connectivity index (χ0v) is 13.4.